The van der Waals surface area contributed by atoms with Gasteiger partial charge in [0.25, 0.3) is 5.91 Å². The molecule has 9 heteroatoms. The monoisotopic (exact) mass is 275 g/mol. The molecular formula is C7H3Cl2N5OS. The van der Waals surface area contributed by atoms with Crippen molar-refractivity contribution < 1.29 is 4.79 Å². The molecule has 0 aliphatic rings. The summed E-state index contributed by atoms with van der Waals surface area (Å²) in [7, 11) is 0. The van der Waals surface area contributed by atoms with Crippen LogP contribution >= 0.6 is 34.5 Å². The molecular weight excluding hydrogens is 273 g/mol. The standard InChI is InChI=1S/C7H3Cl2N5OS/c8-4-1-3(5(9)13-12-4)6(15)11-7-14-10-2-16-7/h1-2H,(H,11,14,15). The minimum Gasteiger partial charge on any atom is -0.296 e. The number of aromatic nitrogens is 4. The van der Waals surface area contributed by atoms with Crippen LogP contribution in [-0.4, -0.2) is 26.3 Å². The predicted octanol–water partition coefficient (Wildman–Crippen LogP) is 1.89. The fourth-order valence-electron chi connectivity index (χ4n) is 0.904. The fraction of sp³-hybridized carbons (Fsp3) is 0. The van der Waals surface area contributed by atoms with Gasteiger partial charge in [0.1, 0.15) is 5.51 Å². The zero-order valence-electron chi connectivity index (χ0n) is 7.52. The lowest BCUT2D eigenvalue weighted by Crippen LogP contribution is -2.13. The lowest BCUT2D eigenvalue weighted by atomic mass is 10.3. The number of nitrogens with zero attached hydrogens (tertiary/aromatic N) is 4. The van der Waals surface area contributed by atoms with Crippen LogP contribution < -0.4 is 5.32 Å². The largest absolute Gasteiger partial charge is 0.296 e. The van der Waals surface area contributed by atoms with Gasteiger partial charge in [0.15, 0.2) is 10.3 Å². The molecule has 0 saturated carbocycles. The number of carbonyl (C=O) groups is 1. The van der Waals surface area contributed by atoms with Gasteiger partial charge in [0.05, 0.1) is 5.56 Å². The molecule has 2 aromatic rings. The maximum atomic E-state index is 11.7. The molecule has 1 amide bonds. The SMILES string of the molecule is O=C(Nc1nncs1)c1cc(Cl)nnc1Cl. The lowest BCUT2D eigenvalue weighted by Gasteiger charge is -2.02. The average molecular weight is 276 g/mol. The van der Waals surface area contributed by atoms with Crippen molar-refractivity contribution in [2.75, 3.05) is 5.32 Å². The average Bonchev–Trinajstić information content (AvgIpc) is 2.74. The summed E-state index contributed by atoms with van der Waals surface area (Å²) in [5.41, 5.74) is 1.63. The van der Waals surface area contributed by atoms with Crippen molar-refractivity contribution in [1.82, 2.24) is 20.4 Å². The third-order valence-corrected chi connectivity index (χ3v) is 2.61. The molecule has 2 rings (SSSR count). The number of amides is 1. The van der Waals surface area contributed by atoms with Gasteiger partial charge in [-0.3, -0.25) is 10.1 Å². The number of hydrogen-bond acceptors (Lipinski definition) is 6. The van der Waals surface area contributed by atoms with Gasteiger partial charge in [0, 0.05) is 0 Å². The summed E-state index contributed by atoms with van der Waals surface area (Å²) < 4.78 is 0. The second-order valence-electron chi connectivity index (χ2n) is 2.57. The van der Waals surface area contributed by atoms with Crippen LogP contribution in [0, 0.1) is 0 Å². The van der Waals surface area contributed by atoms with E-state index < -0.39 is 5.91 Å². The maximum Gasteiger partial charge on any atom is 0.260 e. The quantitative estimate of drug-likeness (QED) is 0.905. The topological polar surface area (TPSA) is 80.7 Å². The molecule has 1 N–H and O–H groups in total. The predicted molar refractivity (Wildman–Crippen MR) is 59.9 cm³/mol. The number of rotatable bonds is 2. The molecule has 0 aliphatic carbocycles. The van der Waals surface area contributed by atoms with E-state index in [9.17, 15) is 4.79 Å². The Morgan fingerprint density at radius 2 is 2.12 bits per heavy atom. The van der Waals surface area contributed by atoms with Crippen molar-refractivity contribution in [2.45, 2.75) is 0 Å². The van der Waals surface area contributed by atoms with Gasteiger partial charge in [-0.2, -0.15) is 0 Å². The molecule has 0 bridgehead atoms. The number of carbonyl (C=O) groups excluding carboxylic acids is 1. The minimum atomic E-state index is -0.460. The van der Waals surface area contributed by atoms with Crippen molar-refractivity contribution in [3.63, 3.8) is 0 Å². The zero-order valence-corrected chi connectivity index (χ0v) is 9.84. The molecule has 0 aromatic carbocycles. The van der Waals surface area contributed by atoms with Crippen molar-refractivity contribution in [3.8, 4) is 0 Å². The van der Waals surface area contributed by atoms with Gasteiger partial charge in [-0.05, 0) is 6.07 Å². The van der Waals surface area contributed by atoms with Gasteiger partial charge in [-0.15, -0.1) is 20.4 Å². The molecule has 0 radical (unpaired) electrons. The van der Waals surface area contributed by atoms with Crippen LogP contribution in [-0.2, 0) is 0 Å². The number of anilines is 1. The molecule has 2 heterocycles. The van der Waals surface area contributed by atoms with E-state index in [0.29, 0.717) is 5.13 Å². The molecule has 0 atom stereocenters. The van der Waals surface area contributed by atoms with Gasteiger partial charge in [-0.1, -0.05) is 34.5 Å². The second-order valence-corrected chi connectivity index (χ2v) is 4.15. The summed E-state index contributed by atoms with van der Waals surface area (Å²) >= 11 is 12.5. The van der Waals surface area contributed by atoms with Crippen molar-refractivity contribution in [3.05, 3.63) is 27.4 Å². The molecule has 16 heavy (non-hydrogen) atoms. The minimum absolute atomic E-state index is 0.0218. The van der Waals surface area contributed by atoms with Crippen molar-refractivity contribution in [1.29, 1.82) is 0 Å². The molecule has 0 saturated heterocycles. The molecule has 2 aromatic heterocycles. The van der Waals surface area contributed by atoms with E-state index in [2.05, 4.69) is 25.7 Å². The van der Waals surface area contributed by atoms with E-state index >= 15 is 0 Å². The Morgan fingerprint density at radius 1 is 1.31 bits per heavy atom. The summed E-state index contributed by atoms with van der Waals surface area (Å²) in [6.07, 6.45) is 0. The lowest BCUT2D eigenvalue weighted by molar-refractivity contribution is 0.102. The third kappa shape index (κ3) is 2.43. The Morgan fingerprint density at radius 3 is 2.81 bits per heavy atom. The Kier molecular flexibility index (Phi) is 3.28. The van der Waals surface area contributed by atoms with Crippen molar-refractivity contribution >= 4 is 45.6 Å². The molecule has 82 valence electrons. The Labute approximate surface area is 104 Å². The fourth-order valence-corrected chi connectivity index (χ4v) is 1.67. The van der Waals surface area contributed by atoms with E-state index in [1.807, 2.05) is 0 Å². The molecule has 0 spiro atoms. The van der Waals surface area contributed by atoms with Crippen LogP contribution in [0.5, 0.6) is 0 Å². The third-order valence-electron chi connectivity index (χ3n) is 1.54. The molecule has 0 fully saturated rings. The van der Waals surface area contributed by atoms with Gasteiger partial charge >= 0.3 is 0 Å². The summed E-state index contributed by atoms with van der Waals surface area (Å²) in [5, 5.41) is 17.2. The first-order chi connectivity index (χ1) is 7.66. The van der Waals surface area contributed by atoms with Gasteiger partial charge in [0.2, 0.25) is 5.13 Å². The smallest absolute Gasteiger partial charge is 0.260 e. The highest BCUT2D eigenvalue weighted by molar-refractivity contribution is 7.13. The van der Waals surface area contributed by atoms with E-state index in [-0.39, 0.29) is 15.9 Å². The first-order valence-electron chi connectivity index (χ1n) is 3.93. The second kappa shape index (κ2) is 4.69. The highest BCUT2D eigenvalue weighted by atomic mass is 35.5. The first-order valence-corrected chi connectivity index (χ1v) is 5.56. The van der Waals surface area contributed by atoms with Crippen LogP contribution in [0.4, 0.5) is 5.13 Å². The zero-order chi connectivity index (χ0) is 11.5. The normalized spacial score (nSPS) is 10.1. The van der Waals surface area contributed by atoms with Crippen LogP contribution in [0.1, 0.15) is 10.4 Å². The van der Waals surface area contributed by atoms with E-state index in [0.717, 1.165) is 0 Å². The highest BCUT2D eigenvalue weighted by Gasteiger charge is 2.14. The summed E-state index contributed by atoms with van der Waals surface area (Å²) in [6, 6.07) is 1.33. The Balaban J connectivity index is 2.24. The number of hydrogen-bond donors (Lipinski definition) is 1. The van der Waals surface area contributed by atoms with Crippen LogP contribution in [0.3, 0.4) is 0 Å². The van der Waals surface area contributed by atoms with Gasteiger partial charge < -0.3 is 0 Å². The number of nitrogens with one attached hydrogen (secondary N) is 1. The summed E-state index contributed by atoms with van der Waals surface area (Å²) in [6.45, 7) is 0. The van der Waals surface area contributed by atoms with Crippen LogP contribution in [0.25, 0.3) is 0 Å². The van der Waals surface area contributed by atoms with E-state index in [1.54, 1.807) is 0 Å². The maximum absolute atomic E-state index is 11.7. The van der Waals surface area contributed by atoms with E-state index in [4.69, 9.17) is 23.2 Å². The van der Waals surface area contributed by atoms with Gasteiger partial charge in [-0.25, -0.2) is 0 Å². The Hall–Kier alpha value is -1.31. The summed E-state index contributed by atoms with van der Waals surface area (Å²) in [5.74, 6) is -0.460. The summed E-state index contributed by atoms with van der Waals surface area (Å²) in [4.78, 5) is 11.7. The van der Waals surface area contributed by atoms with Crippen LogP contribution in [0.15, 0.2) is 11.6 Å². The molecule has 0 unspecified atom stereocenters. The Bertz CT molecular complexity index is 518. The first kappa shape index (κ1) is 11.2. The van der Waals surface area contributed by atoms with E-state index in [1.165, 1.54) is 22.9 Å². The van der Waals surface area contributed by atoms with Crippen LogP contribution in [0.2, 0.25) is 10.3 Å². The number of halogens is 2. The molecule has 0 aliphatic heterocycles. The molecule has 6 nitrogen and oxygen atoms in total. The van der Waals surface area contributed by atoms with Crippen molar-refractivity contribution in [2.24, 2.45) is 0 Å². The highest BCUT2D eigenvalue weighted by Crippen LogP contribution is 2.17.